The van der Waals surface area contributed by atoms with Crippen molar-refractivity contribution in [3.8, 4) is 0 Å². The fraction of sp³-hybridized carbons (Fsp3) is 0.714. The summed E-state index contributed by atoms with van der Waals surface area (Å²) < 4.78 is 0. The zero-order valence-electron chi connectivity index (χ0n) is 7.63. The molecule has 0 rings (SSSR count). The van der Waals surface area contributed by atoms with E-state index in [4.69, 9.17) is 5.11 Å². The van der Waals surface area contributed by atoms with E-state index in [-0.39, 0.29) is 12.8 Å². The van der Waals surface area contributed by atoms with Crippen LogP contribution in [-0.2, 0) is 9.59 Å². The summed E-state index contributed by atoms with van der Waals surface area (Å²) in [7, 11) is 0.0776. The highest BCUT2D eigenvalue weighted by Crippen LogP contribution is 2.18. The second-order valence-corrected chi connectivity index (χ2v) is 3.71. The van der Waals surface area contributed by atoms with Crippen molar-refractivity contribution < 1.29 is 14.7 Å². The fourth-order valence-electron chi connectivity index (χ4n) is 0.930. The fourth-order valence-corrected chi connectivity index (χ4v) is 0.930. The largest absolute Gasteiger partial charge is 0.480 e. The molecular formula is C7H14BNO3. The van der Waals surface area contributed by atoms with Crippen LogP contribution in [0.3, 0.4) is 0 Å². The Morgan fingerprint density at radius 3 is 2.33 bits per heavy atom. The molecule has 0 aromatic rings. The number of rotatable bonds is 4. The van der Waals surface area contributed by atoms with Gasteiger partial charge in [-0.25, -0.2) is 0 Å². The van der Waals surface area contributed by atoms with Gasteiger partial charge in [0.05, 0.1) is 6.19 Å². The molecule has 0 fully saturated rings. The third kappa shape index (κ3) is 3.53. The third-order valence-corrected chi connectivity index (χ3v) is 1.52. The minimum absolute atomic E-state index is 0.0776. The van der Waals surface area contributed by atoms with Crippen LogP contribution >= 0.6 is 0 Å². The maximum absolute atomic E-state index is 10.7. The quantitative estimate of drug-likeness (QED) is 0.446. The summed E-state index contributed by atoms with van der Waals surface area (Å²) in [4.78, 5) is 20.7. The number of nitrogens with one attached hydrogen (secondary N) is 1. The highest BCUT2D eigenvalue weighted by atomic mass is 16.4. The summed E-state index contributed by atoms with van der Waals surface area (Å²) in [5.74, 6) is -0.927. The summed E-state index contributed by atoms with van der Waals surface area (Å²) in [5.41, 5.74) is -0.380. The van der Waals surface area contributed by atoms with Gasteiger partial charge in [-0.05, 0) is 5.41 Å². The number of hydrogen-bond donors (Lipinski definition) is 2. The van der Waals surface area contributed by atoms with E-state index in [9.17, 15) is 9.59 Å². The van der Waals surface area contributed by atoms with Gasteiger partial charge in [-0.3, -0.25) is 4.79 Å². The summed E-state index contributed by atoms with van der Waals surface area (Å²) in [6, 6.07) is -0.678. The first-order chi connectivity index (χ1) is 5.39. The topological polar surface area (TPSA) is 66.4 Å². The molecule has 0 saturated heterocycles. The summed E-state index contributed by atoms with van der Waals surface area (Å²) in [5, 5.41) is 11.4. The van der Waals surface area contributed by atoms with Crippen LogP contribution in [0.4, 0.5) is 0 Å². The van der Waals surface area contributed by atoms with Crippen LogP contribution in [0.15, 0.2) is 0 Å². The van der Waals surface area contributed by atoms with Gasteiger partial charge in [0, 0.05) is 0 Å². The van der Waals surface area contributed by atoms with E-state index in [2.05, 4.69) is 5.23 Å². The van der Waals surface area contributed by atoms with Crippen LogP contribution in [0.25, 0.3) is 0 Å². The average Bonchev–Trinajstić information content (AvgIpc) is 1.84. The molecule has 5 heteroatoms. The Hall–Kier alpha value is -0.835. The number of carbonyl (C=O) groups excluding carboxylic acids is 1. The molecule has 0 aliphatic rings. The van der Waals surface area contributed by atoms with Gasteiger partial charge in [-0.15, -0.1) is 0 Å². The Morgan fingerprint density at radius 1 is 1.58 bits per heavy atom. The predicted octanol–water partition coefficient (Wildman–Crippen LogP) is -0.383. The van der Waals surface area contributed by atoms with Crippen molar-refractivity contribution in [2.75, 3.05) is 0 Å². The van der Waals surface area contributed by atoms with Crippen LogP contribution in [0, 0.1) is 5.41 Å². The van der Waals surface area contributed by atoms with Crippen molar-refractivity contribution in [1.29, 1.82) is 0 Å². The molecule has 0 spiro atoms. The van der Waals surface area contributed by atoms with E-state index in [0.29, 0.717) is 6.19 Å². The Balaban J connectivity index is 4.24. The van der Waals surface area contributed by atoms with Crippen molar-refractivity contribution in [3.63, 3.8) is 0 Å². The Labute approximate surface area is 72.6 Å². The van der Waals surface area contributed by atoms with Gasteiger partial charge in [-0.2, -0.15) is 0 Å². The van der Waals surface area contributed by atoms with E-state index < -0.39 is 12.0 Å². The minimum atomic E-state index is -0.927. The van der Waals surface area contributed by atoms with Gasteiger partial charge in [0.25, 0.3) is 7.41 Å². The lowest BCUT2D eigenvalue weighted by atomic mass is 9.83. The van der Waals surface area contributed by atoms with Crippen LogP contribution in [0.2, 0.25) is 0 Å². The molecule has 0 radical (unpaired) electrons. The molecule has 0 saturated carbocycles. The molecule has 12 heavy (non-hydrogen) atoms. The zero-order chi connectivity index (χ0) is 9.78. The Kier molecular flexibility index (Phi) is 3.96. The van der Waals surface area contributed by atoms with E-state index in [1.807, 2.05) is 20.8 Å². The number of carboxylic acids is 1. The van der Waals surface area contributed by atoms with Crippen LogP contribution in [0.5, 0.6) is 0 Å². The first-order valence-corrected chi connectivity index (χ1v) is 3.79. The van der Waals surface area contributed by atoms with E-state index in [0.717, 1.165) is 0 Å². The van der Waals surface area contributed by atoms with Crippen molar-refractivity contribution in [2.24, 2.45) is 5.41 Å². The number of carboxylic acid groups (broad SMARTS) is 1. The molecular weight excluding hydrogens is 157 g/mol. The monoisotopic (exact) mass is 171 g/mol. The molecule has 0 aromatic carbocycles. The van der Waals surface area contributed by atoms with Crippen molar-refractivity contribution in [2.45, 2.75) is 26.8 Å². The molecule has 0 aliphatic carbocycles. The second-order valence-electron chi connectivity index (χ2n) is 3.71. The first-order valence-electron chi connectivity index (χ1n) is 3.79. The standard InChI is InChI=1S/C7H14BNO3/c1-7(2,3)5(6(11)12)9-8-4-10/h4-5,8-9H,1-3H3,(H,11,12)/t5-/m1/s1. The van der Waals surface area contributed by atoms with Gasteiger partial charge < -0.3 is 15.1 Å². The molecule has 0 aromatic heterocycles. The third-order valence-electron chi connectivity index (χ3n) is 1.52. The number of carbonyl (C=O) groups is 2. The lowest BCUT2D eigenvalue weighted by Gasteiger charge is -2.27. The van der Waals surface area contributed by atoms with Crippen molar-refractivity contribution in [3.05, 3.63) is 0 Å². The summed E-state index contributed by atoms with van der Waals surface area (Å²) in [6.45, 7) is 5.43. The number of hydrogen-bond acceptors (Lipinski definition) is 3. The van der Waals surface area contributed by atoms with Gasteiger partial charge in [0.2, 0.25) is 0 Å². The van der Waals surface area contributed by atoms with Gasteiger partial charge >= 0.3 is 5.97 Å². The van der Waals surface area contributed by atoms with E-state index >= 15 is 0 Å². The molecule has 0 aliphatic heterocycles. The predicted molar refractivity (Wildman–Crippen MR) is 47.9 cm³/mol. The smallest absolute Gasteiger partial charge is 0.320 e. The van der Waals surface area contributed by atoms with E-state index in [1.54, 1.807) is 0 Å². The van der Waals surface area contributed by atoms with Crippen molar-refractivity contribution >= 4 is 19.6 Å². The van der Waals surface area contributed by atoms with Gasteiger partial charge in [0.1, 0.15) is 6.04 Å². The summed E-state index contributed by atoms with van der Waals surface area (Å²) in [6.07, 6.45) is 0.654. The van der Waals surface area contributed by atoms with Crippen LogP contribution < -0.4 is 5.23 Å². The minimum Gasteiger partial charge on any atom is -0.480 e. The molecule has 0 bridgehead atoms. The highest BCUT2D eigenvalue weighted by Gasteiger charge is 2.30. The van der Waals surface area contributed by atoms with Gasteiger partial charge in [-0.1, -0.05) is 20.8 Å². The molecule has 4 nitrogen and oxygen atoms in total. The maximum Gasteiger partial charge on any atom is 0.320 e. The SMILES string of the molecule is CC(C)(C)[C@H](NBC=O)C(=O)O. The molecule has 68 valence electrons. The van der Waals surface area contributed by atoms with Gasteiger partial charge in [0.15, 0.2) is 0 Å². The average molecular weight is 171 g/mol. The molecule has 2 N–H and O–H groups in total. The maximum atomic E-state index is 10.7. The normalized spacial score (nSPS) is 13.6. The lowest BCUT2D eigenvalue weighted by molar-refractivity contribution is -0.141. The van der Waals surface area contributed by atoms with E-state index in [1.165, 1.54) is 0 Å². The highest BCUT2D eigenvalue weighted by molar-refractivity contribution is 6.64. The first kappa shape index (κ1) is 11.2. The number of aliphatic carboxylic acids is 1. The molecule has 1 atom stereocenters. The van der Waals surface area contributed by atoms with Crippen LogP contribution in [-0.4, -0.2) is 30.7 Å². The Morgan fingerprint density at radius 2 is 2.08 bits per heavy atom. The molecule has 0 heterocycles. The summed E-state index contributed by atoms with van der Waals surface area (Å²) >= 11 is 0. The molecule has 0 amide bonds. The molecule has 0 unspecified atom stereocenters. The second kappa shape index (κ2) is 4.26. The van der Waals surface area contributed by atoms with Crippen LogP contribution in [0.1, 0.15) is 20.8 Å². The van der Waals surface area contributed by atoms with Crippen molar-refractivity contribution in [1.82, 2.24) is 5.23 Å². The lowest BCUT2D eigenvalue weighted by Crippen LogP contribution is -2.48. The Bertz CT molecular complexity index is 176. The zero-order valence-corrected chi connectivity index (χ0v) is 7.63.